The smallest absolute Gasteiger partial charge is 0.0354 e. The molecule has 0 saturated carbocycles. The van der Waals surface area contributed by atoms with Gasteiger partial charge in [0.1, 0.15) is 0 Å². The third-order valence-corrected chi connectivity index (χ3v) is 4.49. The molecule has 1 atom stereocenters. The molecule has 0 amide bonds. The molecular formula is C18H30N2. The van der Waals surface area contributed by atoms with Crippen LogP contribution in [0.25, 0.3) is 0 Å². The van der Waals surface area contributed by atoms with E-state index in [0.29, 0.717) is 6.04 Å². The van der Waals surface area contributed by atoms with Gasteiger partial charge in [-0.1, -0.05) is 37.5 Å². The Morgan fingerprint density at radius 1 is 1.10 bits per heavy atom. The Kier molecular flexibility index (Phi) is 5.62. The molecule has 0 aromatic heterocycles. The van der Waals surface area contributed by atoms with Gasteiger partial charge in [-0.3, -0.25) is 4.90 Å². The summed E-state index contributed by atoms with van der Waals surface area (Å²) in [6.45, 7) is 13.7. The van der Waals surface area contributed by atoms with Crippen LogP contribution in [0.1, 0.15) is 54.5 Å². The summed E-state index contributed by atoms with van der Waals surface area (Å²) in [4.78, 5) is 2.69. The van der Waals surface area contributed by atoms with E-state index >= 15 is 0 Å². The highest BCUT2D eigenvalue weighted by Crippen LogP contribution is 2.32. The Morgan fingerprint density at radius 2 is 1.70 bits per heavy atom. The van der Waals surface area contributed by atoms with Crippen molar-refractivity contribution in [2.24, 2.45) is 0 Å². The molecule has 20 heavy (non-hydrogen) atoms. The van der Waals surface area contributed by atoms with Crippen LogP contribution in [-0.2, 0) is 0 Å². The number of unbranched alkanes of at least 4 members (excludes halogenated alkanes) is 1. The molecule has 1 aliphatic heterocycles. The Hall–Kier alpha value is -0.860. The molecule has 0 spiro atoms. The van der Waals surface area contributed by atoms with Crippen LogP contribution in [0.15, 0.2) is 12.1 Å². The maximum Gasteiger partial charge on any atom is 0.0354 e. The van der Waals surface area contributed by atoms with Crippen molar-refractivity contribution >= 4 is 0 Å². The summed E-state index contributed by atoms with van der Waals surface area (Å²) >= 11 is 0. The minimum absolute atomic E-state index is 0.609. The van der Waals surface area contributed by atoms with Gasteiger partial charge in [-0.05, 0) is 43.9 Å². The Labute approximate surface area is 124 Å². The molecule has 0 radical (unpaired) electrons. The van der Waals surface area contributed by atoms with Crippen molar-refractivity contribution in [2.45, 2.75) is 53.0 Å². The SMILES string of the molecule is CCCC[C@@H](c1c(C)cc(C)cc1C)N1CCNCC1. The predicted molar refractivity (Wildman–Crippen MR) is 87.4 cm³/mol. The summed E-state index contributed by atoms with van der Waals surface area (Å²) in [5.74, 6) is 0. The number of nitrogens with zero attached hydrogens (tertiary/aromatic N) is 1. The summed E-state index contributed by atoms with van der Waals surface area (Å²) in [6.07, 6.45) is 3.90. The van der Waals surface area contributed by atoms with Crippen molar-refractivity contribution in [1.29, 1.82) is 0 Å². The molecule has 1 heterocycles. The van der Waals surface area contributed by atoms with Gasteiger partial charge < -0.3 is 5.32 Å². The third kappa shape index (κ3) is 3.62. The van der Waals surface area contributed by atoms with Gasteiger partial charge in [0.15, 0.2) is 0 Å². The van der Waals surface area contributed by atoms with Gasteiger partial charge in [0.25, 0.3) is 0 Å². The number of aryl methyl sites for hydroxylation is 3. The summed E-state index contributed by atoms with van der Waals surface area (Å²) in [7, 11) is 0. The van der Waals surface area contributed by atoms with E-state index < -0.39 is 0 Å². The van der Waals surface area contributed by atoms with Gasteiger partial charge in [0, 0.05) is 32.2 Å². The number of nitrogens with one attached hydrogen (secondary N) is 1. The number of hydrogen-bond acceptors (Lipinski definition) is 2. The zero-order chi connectivity index (χ0) is 14.5. The lowest BCUT2D eigenvalue weighted by Gasteiger charge is -2.37. The molecule has 1 aromatic rings. The largest absolute Gasteiger partial charge is 0.314 e. The second kappa shape index (κ2) is 7.24. The highest BCUT2D eigenvalue weighted by Gasteiger charge is 2.24. The normalized spacial score (nSPS) is 18.2. The van der Waals surface area contributed by atoms with E-state index in [9.17, 15) is 0 Å². The third-order valence-electron chi connectivity index (χ3n) is 4.49. The standard InChI is InChI=1S/C18H30N2/c1-5-6-7-17(20-10-8-19-9-11-20)18-15(3)12-14(2)13-16(18)4/h12-13,17,19H,5-11H2,1-4H3/t17-/m0/s1. The molecule has 1 fully saturated rings. The Balaban J connectivity index is 2.29. The van der Waals surface area contributed by atoms with Gasteiger partial charge in [0.05, 0.1) is 0 Å². The van der Waals surface area contributed by atoms with Gasteiger partial charge in [-0.15, -0.1) is 0 Å². The second-order valence-electron chi connectivity index (χ2n) is 6.26. The predicted octanol–water partition coefficient (Wildman–Crippen LogP) is 3.75. The lowest BCUT2D eigenvalue weighted by Crippen LogP contribution is -2.45. The maximum atomic E-state index is 3.47. The van der Waals surface area contributed by atoms with E-state index in [0.717, 1.165) is 13.1 Å². The monoisotopic (exact) mass is 274 g/mol. The van der Waals surface area contributed by atoms with Crippen LogP contribution in [0.3, 0.4) is 0 Å². The highest BCUT2D eigenvalue weighted by atomic mass is 15.2. The lowest BCUT2D eigenvalue weighted by molar-refractivity contribution is 0.162. The fourth-order valence-electron chi connectivity index (χ4n) is 3.62. The molecule has 2 nitrogen and oxygen atoms in total. The first kappa shape index (κ1) is 15.5. The fourth-order valence-corrected chi connectivity index (χ4v) is 3.62. The summed E-state index contributed by atoms with van der Waals surface area (Å²) in [5, 5.41) is 3.47. The van der Waals surface area contributed by atoms with Crippen molar-refractivity contribution in [3.63, 3.8) is 0 Å². The summed E-state index contributed by atoms with van der Waals surface area (Å²) in [6, 6.07) is 5.31. The molecule has 1 N–H and O–H groups in total. The summed E-state index contributed by atoms with van der Waals surface area (Å²) in [5.41, 5.74) is 5.92. The molecule has 0 unspecified atom stereocenters. The molecule has 0 bridgehead atoms. The van der Waals surface area contributed by atoms with Crippen LogP contribution in [-0.4, -0.2) is 31.1 Å². The van der Waals surface area contributed by atoms with Crippen molar-refractivity contribution < 1.29 is 0 Å². The number of piperazine rings is 1. The molecule has 1 aromatic carbocycles. The quantitative estimate of drug-likeness (QED) is 0.879. The lowest BCUT2D eigenvalue weighted by atomic mass is 9.90. The average molecular weight is 274 g/mol. The molecular weight excluding hydrogens is 244 g/mol. The van der Waals surface area contributed by atoms with Crippen LogP contribution >= 0.6 is 0 Å². The minimum Gasteiger partial charge on any atom is -0.314 e. The molecule has 2 rings (SSSR count). The van der Waals surface area contributed by atoms with Crippen LogP contribution in [0.4, 0.5) is 0 Å². The van der Waals surface area contributed by atoms with Crippen LogP contribution in [0.2, 0.25) is 0 Å². The molecule has 112 valence electrons. The first-order chi connectivity index (χ1) is 9.63. The Morgan fingerprint density at radius 3 is 2.25 bits per heavy atom. The highest BCUT2D eigenvalue weighted by molar-refractivity contribution is 5.39. The van der Waals surface area contributed by atoms with E-state index in [1.54, 1.807) is 5.56 Å². The van der Waals surface area contributed by atoms with E-state index in [1.165, 1.54) is 49.0 Å². The van der Waals surface area contributed by atoms with Crippen molar-refractivity contribution in [2.75, 3.05) is 26.2 Å². The van der Waals surface area contributed by atoms with Gasteiger partial charge in [-0.25, -0.2) is 0 Å². The van der Waals surface area contributed by atoms with Crippen molar-refractivity contribution in [3.05, 3.63) is 34.4 Å². The van der Waals surface area contributed by atoms with Gasteiger partial charge in [0.2, 0.25) is 0 Å². The van der Waals surface area contributed by atoms with E-state index in [-0.39, 0.29) is 0 Å². The van der Waals surface area contributed by atoms with E-state index in [4.69, 9.17) is 0 Å². The molecule has 0 aliphatic carbocycles. The minimum atomic E-state index is 0.609. The molecule has 1 saturated heterocycles. The summed E-state index contributed by atoms with van der Waals surface area (Å²) < 4.78 is 0. The van der Waals surface area contributed by atoms with Crippen LogP contribution in [0.5, 0.6) is 0 Å². The maximum absolute atomic E-state index is 3.47. The van der Waals surface area contributed by atoms with Gasteiger partial charge >= 0.3 is 0 Å². The zero-order valence-electron chi connectivity index (χ0n) is 13.6. The Bertz CT molecular complexity index is 410. The number of rotatable bonds is 5. The average Bonchev–Trinajstić information content (AvgIpc) is 2.42. The van der Waals surface area contributed by atoms with Crippen LogP contribution < -0.4 is 5.32 Å². The molecule has 1 aliphatic rings. The van der Waals surface area contributed by atoms with Crippen molar-refractivity contribution in [1.82, 2.24) is 10.2 Å². The van der Waals surface area contributed by atoms with Gasteiger partial charge in [-0.2, -0.15) is 0 Å². The van der Waals surface area contributed by atoms with E-state index in [2.05, 4.69) is 50.0 Å². The first-order valence-corrected chi connectivity index (χ1v) is 8.16. The fraction of sp³-hybridized carbons (Fsp3) is 0.667. The van der Waals surface area contributed by atoms with Crippen molar-refractivity contribution in [3.8, 4) is 0 Å². The molecule has 2 heteroatoms. The number of hydrogen-bond donors (Lipinski definition) is 1. The second-order valence-corrected chi connectivity index (χ2v) is 6.26. The number of benzene rings is 1. The first-order valence-electron chi connectivity index (χ1n) is 8.16. The zero-order valence-corrected chi connectivity index (χ0v) is 13.6. The topological polar surface area (TPSA) is 15.3 Å². The van der Waals surface area contributed by atoms with Crippen LogP contribution in [0, 0.1) is 20.8 Å². The van der Waals surface area contributed by atoms with E-state index in [1.807, 2.05) is 0 Å².